The minimum absolute atomic E-state index is 0.0852. The standard InChI is InChI=1S/C42H36F20N2O4/c43-35(44,39(51,52)53)7-1-13-65-29-17-27(18-30(23-29)66-14-2-8-36(45,46)40(54,55)56)25-5-11-63-33(21-25)34-22-26(6-12-64-34)28-19-31(67-15-3-9-37(47,48)41(57,58)59)24-32(20-28)68-16-4-10-38(49,50)42(60,61)62/h5-6,11-12,17-24H,1-4,7-10,13-16H2. The third kappa shape index (κ3) is 15.3. The highest BCUT2D eigenvalue weighted by Gasteiger charge is 2.58. The lowest BCUT2D eigenvalue weighted by atomic mass is 10.0. The Morgan fingerprint density at radius 2 is 0.544 bits per heavy atom. The fourth-order valence-electron chi connectivity index (χ4n) is 5.81. The first-order valence-electron chi connectivity index (χ1n) is 19.7. The molecule has 0 spiro atoms. The summed E-state index contributed by atoms with van der Waals surface area (Å²) in [5.74, 6) is -21.0. The molecule has 0 radical (unpaired) electrons. The molecule has 0 aliphatic rings. The third-order valence-corrected chi connectivity index (χ3v) is 9.48. The van der Waals surface area contributed by atoms with Crippen molar-refractivity contribution in [3.8, 4) is 56.6 Å². The normalized spacial score (nSPS) is 13.4. The van der Waals surface area contributed by atoms with E-state index in [-0.39, 0.29) is 56.6 Å². The first-order chi connectivity index (χ1) is 31.2. The van der Waals surface area contributed by atoms with Gasteiger partial charge in [0.15, 0.2) is 0 Å². The highest BCUT2D eigenvalue weighted by molar-refractivity contribution is 5.75. The quantitative estimate of drug-likeness (QED) is 0.0545. The Morgan fingerprint density at radius 1 is 0.309 bits per heavy atom. The van der Waals surface area contributed by atoms with Gasteiger partial charge in [-0.2, -0.15) is 87.8 Å². The Morgan fingerprint density at radius 3 is 0.765 bits per heavy atom. The fraction of sp³-hybridized carbons (Fsp3) is 0.476. The topological polar surface area (TPSA) is 62.7 Å². The number of nitrogens with zero attached hydrogens (tertiary/aromatic N) is 2. The highest BCUT2D eigenvalue weighted by atomic mass is 19.4. The monoisotopic (exact) mass is 1010 g/mol. The largest absolute Gasteiger partial charge is 0.493 e. The van der Waals surface area contributed by atoms with Crippen LogP contribution in [0.2, 0.25) is 0 Å². The summed E-state index contributed by atoms with van der Waals surface area (Å²) in [6, 6.07) is 12.8. The summed E-state index contributed by atoms with van der Waals surface area (Å²) in [4.78, 5) is 8.50. The molecular weight excluding hydrogens is 976 g/mol. The molecule has 0 atom stereocenters. The molecule has 0 unspecified atom stereocenters. The van der Waals surface area contributed by atoms with Gasteiger partial charge in [-0.3, -0.25) is 9.97 Å². The summed E-state index contributed by atoms with van der Waals surface area (Å²) >= 11 is 0. The Balaban J connectivity index is 1.63. The number of ether oxygens (including phenoxy) is 4. The molecule has 378 valence electrons. The molecule has 0 saturated carbocycles. The van der Waals surface area contributed by atoms with E-state index in [0.717, 1.165) is 12.1 Å². The summed E-state index contributed by atoms with van der Waals surface area (Å²) < 4.78 is 281. The minimum atomic E-state index is -5.84. The lowest BCUT2D eigenvalue weighted by Gasteiger charge is -2.20. The van der Waals surface area contributed by atoms with E-state index in [1.165, 1.54) is 60.9 Å². The van der Waals surface area contributed by atoms with Crippen molar-refractivity contribution in [3.05, 3.63) is 73.1 Å². The van der Waals surface area contributed by atoms with Crippen molar-refractivity contribution in [3.63, 3.8) is 0 Å². The van der Waals surface area contributed by atoms with E-state index in [1.54, 1.807) is 0 Å². The zero-order chi connectivity index (χ0) is 51.0. The lowest BCUT2D eigenvalue weighted by molar-refractivity contribution is -0.284. The summed E-state index contributed by atoms with van der Waals surface area (Å²) in [5.41, 5.74) is 0.937. The van der Waals surface area contributed by atoms with E-state index in [2.05, 4.69) is 9.97 Å². The van der Waals surface area contributed by atoms with Crippen molar-refractivity contribution in [1.82, 2.24) is 9.97 Å². The van der Waals surface area contributed by atoms with Gasteiger partial charge in [-0.25, -0.2) is 0 Å². The van der Waals surface area contributed by atoms with Crippen LogP contribution in [0.5, 0.6) is 23.0 Å². The molecule has 6 nitrogen and oxygen atoms in total. The van der Waals surface area contributed by atoms with E-state index in [1.807, 2.05) is 0 Å². The number of pyridine rings is 2. The molecule has 0 fully saturated rings. The van der Waals surface area contributed by atoms with Gasteiger partial charge in [0.25, 0.3) is 0 Å². The second-order valence-electron chi connectivity index (χ2n) is 14.9. The zero-order valence-electron chi connectivity index (χ0n) is 34.5. The predicted molar refractivity (Wildman–Crippen MR) is 201 cm³/mol. The molecule has 4 aromatic rings. The zero-order valence-corrected chi connectivity index (χ0v) is 34.5. The van der Waals surface area contributed by atoms with Crippen LogP contribution in [-0.2, 0) is 0 Å². The Labute approximate surface area is 372 Å². The molecule has 0 N–H and O–H groups in total. The van der Waals surface area contributed by atoms with Crippen LogP contribution in [-0.4, -0.2) is 84.8 Å². The van der Waals surface area contributed by atoms with Gasteiger partial charge >= 0.3 is 48.4 Å². The summed E-state index contributed by atoms with van der Waals surface area (Å²) in [6.45, 7) is -2.81. The Kier molecular flexibility index (Phi) is 17.4. The van der Waals surface area contributed by atoms with Crippen LogP contribution in [0.1, 0.15) is 51.4 Å². The number of hydrogen-bond donors (Lipinski definition) is 0. The van der Waals surface area contributed by atoms with Gasteiger partial charge in [-0.05, 0) is 96.5 Å². The maximum atomic E-state index is 13.5. The molecule has 4 rings (SSSR count). The van der Waals surface area contributed by atoms with Crippen molar-refractivity contribution in [1.29, 1.82) is 0 Å². The van der Waals surface area contributed by atoms with E-state index in [4.69, 9.17) is 18.9 Å². The number of hydrogen-bond acceptors (Lipinski definition) is 6. The summed E-state index contributed by atoms with van der Waals surface area (Å²) in [6.07, 6.45) is -30.8. The number of benzene rings is 2. The first kappa shape index (κ1) is 55.1. The SMILES string of the molecule is FC(F)(F)C(F)(F)CCCOc1cc(OCCCC(F)(F)C(F)(F)F)cc(-c2ccnc(-c3cc(-c4cc(OCCCC(F)(F)C(F)(F)F)cc(OCCCC(F)(F)C(F)(F)F)c4)ccn3)c2)c1. The second-order valence-corrected chi connectivity index (χ2v) is 14.9. The van der Waals surface area contributed by atoms with E-state index < -0.39 is 126 Å². The smallest absolute Gasteiger partial charge is 0.453 e. The third-order valence-electron chi connectivity index (χ3n) is 9.48. The summed E-state index contributed by atoms with van der Waals surface area (Å²) in [7, 11) is 0. The Hall–Kier alpha value is -5.46. The second kappa shape index (κ2) is 21.5. The Bertz CT molecular complexity index is 2000. The van der Waals surface area contributed by atoms with Crippen LogP contribution in [0.15, 0.2) is 73.1 Å². The van der Waals surface area contributed by atoms with Crippen molar-refractivity contribution in [2.24, 2.45) is 0 Å². The van der Waals surface area contributed by atoms with E-state index in [9.17, 15) is 87.8 Å². The van der Waals surface area contributed by atoms with Gasteiger partial charge in [-0.15, -0.1) is 0 Å². The van der Waals surface area contributed by atoms with E-state index >= 15 is 0 Å². The average Bonchev–Trinajstić information content (AvgIpc) is 3.22. The molecule has 2 aromatic carbocycles. The van der Waals surface area contributed by atoms with Gasteiger partial charge < -0.3 is 18.9 Å². The molecular formula is C42H36F20N2O4. The van der Waals surface area contributed by atoms with Crippen molar-refractivity contribution in [2.45, 2.75) is 99.8 Å². The molecule has 0 saturated heterocycles. The van der Waals surface area contributed by atoms with Crippen LogP contribution in [0.4, 0.5) is 87.8 Å². The van der Waals surface area contributed by atoms with Crippen LogP contribution in [0.25, 0.3) is 33.6 Å². The first-order valence-corrected chi connectivity index (χ1v) is 19.7. The number of rotatable bonds is 23. The molecule has 0 amide bonds. The van der Waals surface area contributed by atoms with Crippen molar-refractivity contribution >= 4 is 0 Å². The number of aromatic nitrogens is 2. The highest BCUT2D eigenvalue weighted by Crippen LogP contribution is 2.43. The van der Waals surface area contributed by atoms with Crippen LogP contribution in [0.3, 0.4) is 0 Å². The molecule has 2 aromatic heterocycles. The van der Waals surface area contributed by atoms with Crippen molar-refractivity contribution in [2.75, 3.05) is 26.4 Å². The molecule has 0 aliphatic carbocycles. The predicted octanol–water partition coefficient (Wildman–Crippen LogP) is 14.9. The lowest BCUT2D eigenvalue weighted by Crippen LogP contribution is -2.36. The maximum Gasteiger partial charge on any atom is 0.453 e. The van der Waals surface area contributed by atoms with Crippen molar-refractivity contribution < 1.29 is 107 Å². The molecule has 2 heterocycles. The molecule has 26 heteroatoms. The number of halogens is 20. The molecule has 0 aliphatic heterocycles. The van der Waals surface area contributed by atoms with Crippen LogP contribution < -0.4 is 18.9 Å². The van der Waals surface area contributed by atoms with Gasteiger partial charge in [0.1, 0.15) is 23.0 Å². The molecule has 68 heavy (non-hydrogen) atoms. The van der Waals surface area contributed by atoms with Crippen LogP contribution >= 0.6 is 0 Å². The van der Waals surface area contributed by atoms with Crippen LogP contribution in [0, 0.1) is 0 Å². The van der Waals surface area contributed by atoms with Gasteiger partial charge in [0, 0.05) is 50.2 Å². The van der Waals surface area contributed by atoms with E-state index in [0.29, 0.717) is 0 Å². The summed E-state index contributed by atoms with van der Waals surface area (Å²) in [5, 5.41) is 0. The average molecular weight is 1010 g/mol. The van der Waals surface area contributed by atoms with Gasteiger partial charge in [0.05, 0.1) is 37.8 Å². The maximum absolute atomic E-state index is 13.5. The van der Waals surface area contributed by atoms with Gasteiger partial charge in [0.2, 0.25) is 0 Å². The number of alkyl halides is 20. The minimum Gasteiger partial charge on any atom is -0.493 e. The fourth-order valence-corrected chi connectivity index (χ4v) is 5.81. The van der Waals surface area contributed by atoms with Gasteiger partial charge in [-0.1, -0.05) is 0 Å². The molecule has 0 bridgehead atoms.